The van der Waals surface area contributed by atoms with Gasteiger partial charge in [-0.05, 0) is 73.1 Å². The van der Waals surface area contributed by atoms with Gasteiger partial charge in [-0.1, -0.05) is 91.7 Å². The topological polar surface area (TPSA) is 70.1 Å². The molecule has 1 N–H and O–H groups in total. The van der Waals surface area contributed by atoms with Gasteiger partial charge in [0, 0.05) is 37.0 Å². The molecule has 3 aromatic rings. The van der Waals surface area contributed by atoms with E-state index in [-0.39, 0.29) is 41.7 Å². The molecule has 4 aliphatic rings. The van der Waals surface area contributed by atoms with Gasteiger partial charge in [0.2, 0.25) is 11.8 Å². The SMILES string of the molecule is C/C(=C\c1ccc(O)c2ccccc12)CC[C@H]1OC[C@H]2C1=C(C(C)C)C[C@H]1C(=O)N(C3CCN(Cc4ccccc4)CC3)C(=O)[C@H]12. The summed E-state index contributed by atoms with van der Waals surface area (Å²) in [6, 6.07) is 22.2. The van der Waals surface area contributed by atoms with E-state index in [9.17, 15) is 14.7 Å². The summed E-state index contributed by atoms with van der Waals surface area (Å²) in [5, 5.41) is 12.2. The highest BCUT2D eigenvalue weighted by Crippen LogP contribution is 2.52. The molecule has 0 radical (unpaired) electrons. The van der Waals surface area contributed by atoms with Crippen molar-refractivity contribution in [3.05, 3.63) is 94.6 Å². The third-order valence-electron chi connectivity index (χ3n) is 11.0. The number of phenols is 1. The molecule has 0 saturated carbocycles. The van der Waals surface area contributed by atoms with Gasteiger partial charge < -0.3 is 9.84 Å². The van der Waals surface area contributed by atoms with E-state index in [4.69, 9.17) is 4.74 Å². The number of allylic oxidation sites excluding steroid dienone is 2. The summed E-state index contributed by atoms with van der Waals surface area (Å²) in [6.07, 6.45) is 6.27. The van der Waals surface area contributed by atoms with Gasteiger partial charge in [0.1, 0.15) is 5.75 Å². The van der Waals surface area contributed by atoms with E-state index >= 15 is 0 Å². The van der Waals surface area contributed by atoms with Crippen LogP contribution in [0, 0.1) is 23.7 Å². The zero-order valence-electron chi connectivity index (χ0n) is 27.3. The summed E-state index contributed by atoms with van der Waals surface area (Å²) < 4.78 is 6.50. The van der Waals surface area contributed by atoms with Crippen LogP contribution in [0.25, 0.3) is 16.8 Å². The lowest BCUT2D eigenvalue weighted by Crippen LogP contribution is -2.47. The Kier molecular flexibility index (Phi) is 8.60. The molecule has 0 aromatic heterocycles. The average molecular weight is 619 g/mol. The van der Waals surface area contributed by atoms with E-state index in [1.54, 1.807) is 11.0 Å². The number of hydrogen-bond acceptors (Lipinski definition) is 5. The molecule has 240 valence electrons. The second-order valence-corrected chi connectivity index (χ2v) is 14.2. The highest BCUT2D eigenvalue weighted by molar-refractivity contribution is 6.06. The molecule has 3 saturated heterocycles. The Hall–Kier alpha value is -3.74. The van der Waals surface area contributed by atoms with Crippen LogP contribution < -0.4 is 0 Å². The first-order chi connectivity index (χ1) is 22.3. The summed E-state index contributed by atoms with van der Waals surface area (Å²) in [4.78, 5) is 32.2. The van der Waals surface area contributed by atoms with E-state index in [0.29, 0.717) is 24.7 Å². The lowest BCUT2D eigenvalue weighted by Gasteiger charge is -2.36. The van der Waals surface area contributed by atoms with Crippen LogP contribution in [0.3, 0.4) is 0 Å². The Balaban J connectivity index is 1.04. The molecule has 3 heterocycles. The summed E-state index contributed by atoms with van der Waals surface area (Å²) >= 11 is 0. The molecule has 0 bridgehead atoms. The number of carbonyl (C=O) groups is 2. The number of rotatable bonds is 8. The monoisotopic (exact) mass is 618 g/mol. The Bertz CT molecular complexity index is 1680. The number of likely N-dealkylation sites (tertiary alicyclic amines) is 2. The Morgan fingerprint density at radius 2 is 1.65 bits per heavy atom. The van der Waals surface area contributed by atoms with Gasteiger partial charge in [-0.25, -0.2) is 0 Å². The number of fused-ring (bicyclic) bond motifs is 4. The van der Waals surface area contributed by atoms with Gasteiger partial charge in [0.15, 0.2) is 0 Å². The first kappa shape index (κ1) is 30.9. The van der Waals surface area contributed by atoms with Gasteiger partial charge in [-0.2, -0.15) is 0 Å². The van der Waals surface area contributed by atoms with Crippen molar-refractivity contribution in [1.29, 1.82) is 0 Å². The minimum Gasteiger partial charge on any atom is -0.507 e. The highest BCUT2D eigenvalue weighted by Gasteiger charge is 2.58. The lowest BCUT2D eigenvalue weighted by molar-refractivity contribution is -0.144. The number of aromatic hydroxyl groups is 1. The maximum Gasteiger partial charge on any atom is 0.234 e. The van der Waals surface area contributed by atoms with Crippen molar-refractivity contribution in [2.75, 3.05) is 19.7 Å². The molecule has 7 rings (SSSR count). The molecular formula is C40H46N2O4. The molecule has 46 heavy (non-hydrogen) atoms. The molecular weight excluding hydrogens is 572 g/mol. The molecule has 6 heteroatoms. The van der Waals surface area contributed by atoms with E-state index in [1.165, 1.54) is 22.3 Å². The molecule has 3 aliphatic heterocycles. The van der Waals surface area contributed by atoms with Crippen molar-refractivity contribution in [3.63, 3.8) is 0 Å². The van der Waals surface area contributed by atoms with Crippen molar-refractivity contribution >= 4 is 28.7 Å². The van der Waals surface area contributed by atoms with Gasteiger partial charge in [0.25, 0.3) is 0 Å². The zero-order chi connectivity index (χ0) is 31.9. The quantitative estimate of drug-likeness (QED) is 0.211. The van der Waals surface area contributed by atoms with Crippen LogP contribution in [-0.2, 0) is 20.9 Å². The van der Waals surface area contributed by atoms with E-state index in [2.05, 4.69) is 56.0 Å². The normalized spacial score (nSPS) is 26.0. The second kappa shape index (κ2) is 12.8. The molecule has 3 aromatic carbocycles. The molecule has 4 atom stereocenters. The molecule has 0 unspecified atom stereocenters. The van der Waals surface area contributed by atoms with E-state index in [1.807, 2.05) is 36.4 Å². The molecule has 6 nitrogen and oxygen atoms in total. The number of hydrogen-bond donors (Lipinski definition) is 1. The fourth-order valence-corrected chi connectivity index (χ4v) is 8.65. The number of ether oxygens (including phenoxy) is 1. The largest absolute Gasteiger partial charge is 0.507 e. The fraction of sp³-hybridized carbons (Fsp3) is 0.450. The van der Waals surface area contributed by atoms with Crippen LogP contribution in [0.2, 0.25) is 0 Å². The van der Waals surface area contributed by atoms with Gasteiger partial charge in [0.05, 0.1) is 24.5 Å². The summed E-state index contributed by atoms with van der Waals surface area (Å²) in [5.41, 5.74) is 6.29. The molecule has 1 aliphatic carbocycles. The smallest absolute Gasteiger partial charge is 0.234 e. The number of carbonyl (C=O) groups excluding carboxylic acids is 2. The summed E-state index contributed by atoms with van der Waals surface area (Å²) in [7, 11) is 0. The van der Waals surface area contributed by atoms with Crippen LogP contribution >= 0.6 is 0 Å². The van der Waals surface area contributed by atoms with Crippen LogP contribution in [0.1, 0.15) is 64.0 Å². The zero-order valence-corrected chi connectivity index (χ0v) is 27.3. The third kappa shape index (κ3) is 5.71. The lowest BCUT2D eigenvalue weighted by atomic mass is 9.67. The number of benzene rings is 3. The standard InChI is InChI=1S/C40H46N2O4/c1-25(2)32-22-33-38(40(45)42(39(33)44)29-17-19-41(20-18-29)23-27-9-5-4-6-10-27)34-24-46-36(37(32)34)16-13-26(3)21-28-14-15-35(43)31-12-8-7-11-30(28)31/h4-12,14-15,21,25,29,33-34,36,38,43H,13,16-20,22-24H2,1-3H3/b26-21+/t33-,34+,36-,38-/m1/s1. The van der Waals surface area contributed by atoms with Gasteiger partial charge in [-0.15, -0.1) is 0 Å². The van der Waals surface area contributed by atoms with Gasteiger partial charge in [-0.3, -0.25) is 19.4 Å². The van der Waals surface area contributed by atoms with Crippen molar-refractivity contribution in [2.45, 2.75) is 71.6 Å². The highest BCUT2D eigenvalue weighted by atomic mass is 16.5. The van der Waals surface area contributed by atoms with Crippen molar-refractivity contribution < 1.29 is 19.4 Å². The predicted octanol–water partition coefficient (Wildman–Crippen LogP) is 7.37. The first-order valence-corrected chi connectivity index (χ1v) is 17.2. The number of imide groups is 1. The minimum atomic E-state index is -0.294. The number of phenolic OH excluding ortho intramolecular Hbond substituents is 1. The van der Waals surface area contributed by atoms with Crippen molar-refractivity contribution in [3.8, 4) is 5.75 Å². The Labute approximate surface area is 272 Å². The maximum absolute atomic E-state index is 14.1. The van der Waals surface area contributed by atoms with Crippen LogP contribution in [-0.4, -0.2) is 58.6 Å². The fourth-order valence-electron chi connectivity index (χ4n) is 8.65. The van der Waals surface area contributed by atoms with Gasteiger partial charge >= 0.3 is 0 Å². The maximum atomic E-state index is 14.1. The predicted molar refractivity (Wildman–Crippen MR) is 182 cm³/mol. The van der Waals surface area contributed by atoms with E-state index < -0.39 is 0 Å². The minimum absolute atomic E-state index is 0.00824. The Morgan fingerprint density at radius 1 is 0.935 bits per heavy atom. The molecule has 2 amide bonds. The van der Waals surface area contributed by atoms with Crippen LogP contribution in [0.4, 0.5) is 0 Å². The summed E-state index contributed by atoms with van der Waals surface area (Å²) in [5.74, 6) is 0.141. The van der Waals surface area contributed by atoms with E-state index in [0.717, 1.165) is 61.7 Å². The number of nitrogens with zero attached hydrogens (tertiary/aromatic N) is 2. The molecule has 0 spiro atoms. The Morgan fingerprint density at radius 3 is 2.39 bits per heavy atom. The van der Waals surface area contributed by atoms with Crippen molar-refractivity contribution in [1.82, 2.24) is 9.80 Å². The van der Waals surface area contributed by atoms with Crippen molar-refractivity contribution in [2.24, 2.45) is 23.7 Å². The van der Waals surface area contributed by atoms with Crippen LogP contribution in [0.5, 0.6) is 5.75 Å². The van der Waals surface area contributed by atoms with Crippen LogP contribution in [0.15, 0.2) is 83.4 Å². The third-order valence-corrected chi connectivity index (χ3v) is 11.0. The average Bonchev–Trinajstić information content (AvgIpc) is 3.59. The first-order valence-electron chi connectivity index (χ1n) is 17.2. The number of amides is 2. The number of piperidine rings is 1. The second-order valence-electron chi connectivity index (χ2n) is 14.2. The summed E-state index contributed by atoms with van der Waals surface area (Å²) in [6.45, 7) is 9.82. The molecule has 3 fully saturated rings.